The number of hydrogen-bond donors (Lipinski definition) is 1. The zero-order valence-corrected chi connectivity index (χ0v) is 12.1. The van der Waals surface area contributed by atoms with Gasteiger partial charge in [0.2, 0.25) is 0 Å². The Morgan fingerprint density at radius 1 is 1.32 bits per heavy atom. The Morgan fingerprint density at radius 2 is 2.05 bits per heavy atom. The average Bonchev–Trinajstić information content (AvgIpc) is 2.49. The summed E-state index contributed by atoms with van der Waals surface area (Å²) >= 11 is 0. The first kappa shape index (κ1) is 14.4. The number of pyridine rings is 1. The molecule has 2 atom stereocenters. The SMILES string of the molecule is CCC1CN(CC)CCN1C(CN)c1ccncc1. The zero-order chi connectivity index (χ0) is 13.7. The van der Waals surface area contributed by atoms with Crippen LogP contribution in [-0.2, 0) is 0 Å². The van der Waals surface area contributed by atoms with Crippen molar-refractivity contribution in [2.75, 3.05) is 32.7 Å². The fourth-order valence-electron chi connectivity index (χ4n) is 3.04. The van der Waals surface area contributed by atoms with E-state index in [4.69, 9.17) is 5.73 Å². The molecular formula is C15H26N4. The second-order valence-corrected chi connectivity index (χ2v) is 5.23. The van der Waals surface area contributed by atoms with Crippen molar-refractivity contribution in [1.29, 1.82) is 0 Å². The minimum absolute atomic E-state index is 0.326. The summed E-state index contributed by atoms with van der Waals surface area (Å²) in [6.45, 7) is 9.75. The lowest BCUT2D eigenvalue weighted by Gasteiger charge is -2.44. The molecule has 2 heterocycles. The lowest BCUT2D eigenvalue weighted by molar-refractivity contribution is 0.0427. The molecule has 4 nitrogen and oxygen atoms in total. The molecule has 2 N–H and O–H groups in total. The molecule has 0 amide bonds. The maximum atomic E-state index is 6.04. The van der Waals surface area contributed by atoms with Crippen molar-refractivity contribution in [2.24, 2.45) is 5.73 Å². The summed E-state index contributed by atoms with van der Waals surface area (Å²) in [5.41, 5.74) is 7.34. The lowest BCUT2D eigenvalue weighted by Crippen LogP contribution is -2.54. The summed E-state index contributed by atoms with van der Waals surface area (Å²) in [6, 6.07) is 5.12. The molecule has 1 aliphatic heterocycles. The second kappa shape index (κ2) is 6.98. The Labute approximate surface area is 116 Å². The molecule has 1 aliphatic rings. The van der Waals surface area contributed by atoms with Crippen LogP contribution in [0, 0.1) is 0 Å². The maximum Gasteiger partial charge on any atom is 0.0475 e. The predicted octanol–water partition coefficient (Wildman–Crippen LogP) is 1.50. The number of likely N-dealkylation sites (N-methyl/N-ethyl adjacent to an activating group) is 1. The van der Waals surface area contributed by atoms with Gasteiger partial charge < -0.3 is 10.6 Å². The van der Waals surface area contributed by atoms with Gasteiger partial charge in [0, 0.05) is 50.7 Å². The highest BCUT2D eigenvalue weighted by molar-refractivity contribution is 5.16. The average molecular weight is 262 g/mol. The normalized spacial score (nSPS) is 23.4. The van der Waals surface area contributed by atoms with Crippen molar-refractivity contribution in [1.82, 2.24) is 14.8 Å². The van der Waals surface area contributed by atoms with Crippen molar-refractivity contribution in [2.45, 2.75) is 32.4 Å². The van der Waals surface area contributed by atoms with Crippen LogP contribution < -0.4 is 5.73 Å². The van der Waals surface area contributed by atoms with E-state index in [1.165, 1.54) is 12.0 Å². The van der Waals surface area contributed by atoms with Gasteiger partial charge in [0.15, 0.2) is 0 Å². The molecule has 106 valence electrons. The summed E-state index contributed by atoms with van der Waals surface area (Å²) in [6.07, 6.45) is 4.90. The maximum absolute atomic E-state index is 6.04. The molecule has 1 aromatic heterocycles. The van der Waals surface area contributed by atoms with Crippen molar-refractivity contribution in [3.05, 3.63) is 30.1 Å². The van der Waals surface area contributed by atoms with E-state index in [-0.39, 0.29) is 0 Å². The molecule has 0 spiro atoms. The van der Waals surface area contributed by atoms with E-state index in [1.807, 2.05) is 12.4 Å². The van der Waals surface area contributed by atoms with Crippen LogP contribution in [-0.4, -0.2) is 53.5 Å². The highest BCUT2D eigenvalue weighted by atomic mass is 15.3. The van der Waals surface area contributed by atoms with Gasteiger partial charge in [0.25, 0.3) is 0 Å². The molecule has 2 rings (SSSR count). The van der Waals surface area contributed by atoms with Crippen LogP contribution in [0.5, 0.6) is 0 Å². The number of nitrogens with zero attached hydrogens (tertiary/aromatic N) is 3. The molecule has 1 aromatic rings. The molecule has 0 aromatic carbocycles. The molecule has 1 saturated heterocycles. The van der Waals surface area contributed by atoms with Gasteiger partial charge in [0.1, 0.15) is 0 Å². The van der Waals surface area contributed by atoms with E-state index in [1.54, 1.807) is 0 Å². The molecule has 1 fully saturated rings. The fraction of sp³-hybridized carbons (Fsp3) is 0.667. The first-order valence-corrected chi connectivity index (χ1v) is 7.38. The first-order valence-electron chi connectivity index (χ1n) is 7.38. The van der Waals surface area contributed by atoms with Gasteiger partial charge in [-0.25, -0.2) is 0 Å². The van der Waals surface area contributed by atoms with E-state index in [2.05, 4.69) is 40.8 Å². The molecule has 0 saturated carbocycles. The molecule has 0 bridgehead atoms. The second-order valence-electron chi connectivity index (χ2n) is 5.23. The van der Waals surface area contributed by atoms with Crippen LogP contribution in [0.1, 0.15) is 31.9 Å². The highest BCUT2D eigenvalue weighted by Crippen LogP contribution is 2.25. The summed E-state index contributed by atoms with van der Waals surface area (Å²) < 4.78 is 0. The van der Waals surface area contributed by atoms with Gasteiger partial charge in [-0.05, 0) is 30.7 Å². The van der Waals surface area contributed by atoms with Crippen molar-refractivity contribution >= 4 is 0 Å². The molecular weight excluding hydrogens is 236 g/mol. The summed E-state index contributed by atoms with van der Waals surface area (Å²) in [7, 11) is 0. The zero-order valence-electron chi connectivity index (χ0n) is 12.1. The van der Waals surface area contributed by atoms with Crippen LogP contribution in [0.2, 0.25) is 0 Å². The minimum atomic E-state index is 0.326. The molecule has 2 unspecified atom stereocenters. The van der Waals surface area contributed by atoms with Crippen molar-refractivity contribution in [3.63, 3.8) is 0 Å². The third-order valence-corrected chi connectivity index (χ3v) is 4.25. The first-order chi connectivity index (χ1) is 9.30. The van der Waals surface area contributed by atoms with E-state index >= 15 is 0 Å². The number of rotatable bonds is 5. The quantitative estimate of drug-likeness (QED) is 0.873. The summed E-state index contributed by atoms with van der Waals surface area (Å²) in [5.74, 6) is 0. The number of aromatic nitrogens is 1. The Balaban J connectivity index is 2.14. The van der Waals surface area contributed by atoms with E-state index in [0.717, 1.165) is 26.2 Å². The lowest BCUT2D eigenvalue weighted by atomic mass is 10.0. The smallest absolute Gasteiger partial charge is 0.0475 e. The standard InChI is InChI=1S/C15H26N4/c1-3-14-12-18(4-2)9-10-19(14)15(11-16)13-5-7-17-8-6-13/h5-8,14-15H,3-4,9-12,16H2,1-2H3. The molecule has 4 heteroatoms. The number of piperazine rings is 1. The Morgan fingerprint density at radius 3 is 2.63 bits per heavy atom. The fourth-order valence-corrected chi connectivity index (χ4v) is 3.04. The van der Waals surface area contributed by atoms with E-state index in [9.17, 15) is 0 Å². The van der Waals surface area contributed by atoms with Gasteiger partial charge in [0.05, 0.1) is 0 Å². The highest BCUT2D eigenvalue weighted by Gasteiger charge is 2.30. The Kier molecular flexibility index (Phi) is 5.31. The molecule has 0 radical (unpaired) electrons. The topological polar surface area (TPSA) is 45.4 Å². The summed E-state index contributed by atoms with van der Waals surface area (Å²) in [4.78, 5) is 9.22. The van der Waals surface area contributed by atoms with Gasteiger partial charge in [-0.2, -0.15) is 0 Å². The largest absolute Gasteiger partial charge is 0.329 e. The third kappa shape index (κ3) is 3.32. The Hall–Kier alpha value is -0.970. The van der Waals surface area contributed by atoms with E-state index in [0.29, 0.717) is 18.6 Å². The minimum Gasteiger partial charge on any atom is -0.329 e. The van der Waals surface area contributed by atoms with Gasteiger partial charge >= 0.3 is 0 Å². The van der Waals surface area contributed by atoms with Gasteiger partial charge in [-0.1, -0.05) is 13.8 Å². The molecule has 0 aliphatic carbocycles. The predicted molar refractivity (Wildman–Crippen MR) is 78.9 cm³/mol. The van der Waals surface area contributed by atoms with Crippen LogP contribution in [0.25, 0.3) is 0 Å². The monoisotopic (exact) mass is 262 g/mol. The van der Waals surface area contributed by atoms with Gasteiger partial charge in [-0.3, -0.25) is 9.88 Å². The van der Waals surface area contributed by atoms with Crippen LogP contribution in [0.4, 0.5) is 0 Å². The Bertz CT molecular complexity index is 368. The van der Waals surface area contributed by atoms with Crippen molar-refractivity contribution in [3.8, 4) is 0 Å². The summed E-state index contributed by atoms with van der Waals surface area (Å²) in [5, 5.41) is 0. The number of nitrogens with two attached hydrogens (primary N) is 1. The third-order valence-electron chi connectivity index (χ3n) is 4.25. The van der Waals surface area contributed by atoms with Crippen LogP contribution in [0.15, 0.2) is 24.5 Å². The number of hydrogen-bond acceptors (Lipinski definition) is 4. The van der Waals surface area contributed by atoms with Crippen molar-refractivity contribution < 1.29 is 0 Å². The van der Waals surface area contributed by atoms with E-state index < -0.39 is 0 Å². The van der Waals surface area contributed by atoms with Gasteiger partial charge in [-0.15, -0.1) is 0 Å². The molecule has 19 heavy (non-hydrogen) atoms. The van der Waals surface area contributed by atoms with Crippen LogP contribution >= 0.6 is 0 Å². The van der Waals surface area contributed by atoms with Crippen LogP contribution in [0.3, 0.4) is 0 Å².